The molecular formula is C10H18N2O2. The highest BCUT2D eigenvalue weighted by molar-refractivity contribution is 5.96. The van der Waals surface area contributed by atoms with Gasteiger partial charge in [-0.1, -0.05) is 6.92 Å². The Bertz CT molecular complexity index is 251. The standard InChI is InChI=1S/C10H18N2O2/c1-5-8-9(13)11-7(4)10(14)12(8)6(2)3/h6-8H,5H2,1-4H3,(H,11,13). The van der Waals surface area contributed by atoms with Crippen LogP contribution in [0.1, 0.15) is 34.1 Å². The van der Waals surface area contributed by atoms with E-state index in [9.17, 15) is 9.59 Å². The van der Waals surface area contributed by atoms with Crippen molar-refractivity contribution in [2.45, 2.75) is 52.2 Å². The minimum Gasteiger partial charge on any atom is -0.343 e. The van der Waals surface area contributed by atoms with E-state index >= 15 is 0 Å². The van der Waals surface area contributed by atoms with E-state index in [1.165, 1.54) is 0 Å². The number of rotatable bonds is 2. The quantitative estimate of drug-likeness (QED) is 0.703. The molecule has 1 fully saturated rings. The average Bonchev–Trinajstić information content (AvgIpc) is 2.10. The van der Waals surface area contributed by atoms with Gasteiger partial charge in [-0.15, -0.1) is 0 Å². The maximum Gasteiger partial charge on any atom is 0.245 e. The van der Waals surface area contributed by atoms with E-state index in [1.807, 2.05) is 20.8 Å². The molecule has 2 atom stereocenters. The summed E-state index contributed by atoms with van der Waals surface area (Å²) in [5, 5.41) is 2.68. The lowest BCUT2D eigenvalue weighted by Gasteiger charge is -2.40. The zero-order valence-electron chi connectivity index (χ0n) is 9.20. The Morgan fingerprint density at radius 2 is 2.00 bits per heavy atom. The molecule has 0 radical (unpaired) electrons. The SMILES string of the molecule is CCC1C(=O)NC(C)C(=O)N1C(C)C. The molecule has 0 aromatic heterocycles. The van der Waals surface area contributed by atoms with Crippen molar-refractivity contribution in [1.29, 1.82) is 0 Å². The van der Waals surface area contributed by atoms with Crippen LogP contribution in [-0.4, -0.2) is 34.8 Å². The summed E-state index contributed by atoms with van der Waals surface area (Å²) >= 11 is 0. The lowest BCUT2D eigenvalue weighted by atomic mass is 10.0. The summed E-state index contributed by atoms with van der Waals surface area (Å²) in [6, 6.07) is -0.590. The second-order valence-electron chi connectivity index (χ2n) is 3.99. The molecule has 0 aromatic rings. The summed E-state index contributed by atoms with van der Waals surface area (Å²) in [6.07, 6.45) is 0.669. The molecule has 1 heterocycles. The molecule has 14 heavy (non-hydrogen) atoms. The highest BCUT2D eigenvalue weighted by atomic mass is 16.2. The van der Waals surface area contributed by atoms with Gasteiger partial charge < -0.3 is 10.2 Å². The fourth-order valence-electron chi connectivity index (χ4n) is 1.87. The fraction of sp³-hybridized carbons (Fsp3) is 0.800. The van der Waals surface area contributed by atoms with Crippen LogP contribution < -0.4 is 5.32 Å². The van der Waals surface area contributed by atoms with Crippen LogP contribution in [0.2, 0.25) is 0 Å². The van der Waals surface area contributed by atoms with Crippen molar-refractivity contribution in [2.24, 2.45) is 0 Å². The molecule has 0 aromatic carbocycles. The first-order valence-corrected chi connectivity index (χ1v) is 5.11. The first-order valence-electron chi connectivity index (χ1n) is 5.11. The molecule has 4 nitrogen and oxygen atoms in total. The van der Waals surface area contributed by atoms with Crippen LogP contribution >= 0.6 is 0 Å². The molecule has 80 valence electrons. The molecule has 2 amide bonds. The molecule has 4 heteroatoms. The number of hydrogen-bond donors (Lipinski definition) is 1. The third-order valence-corrected chi connectivity index (χ3v) is 2.57. The van der Waals surface area contributed by atoms with Crippen molar-refractivity contribution < 1.29 is 9.59 Å². The molecular weight excluding hydrogens is 180 g/mol. The summed E-state index contributed by atoms with van der Waals surface area (Å²) in [5.74, 6) is -0.0141. The van der Waals surface area contributed by atoms with Gasteiger partial charge in [0, 0.05) is 6.04 Å². The van der Waals surface area contributed by atoms with Gasteiger partial charge in [0.25, 0.3) is 0 Å². The van der Waals surface area contributed by atoms with Gasteiger partial charge in [0.1, 0.15) is 12.1 Å². The number of amides is 2. The second-order valence-corrected chi connectivity index (χ2v) is 3.99. The van der Waals surface area contributed by atoms with Crippen LogP contribution in [0.3, 0.4) is 0 Å². The number of carbonyl (C=O) groups excluding carboxylic acids is 2. The largest absolute Gasteiger partial charge is 0.343 e. The van der Waals surface area contributed by atoms with Gasteiger partial charge in [0.2, 0.25) is 11.8 Å². The highest BCUT2D eigenvalue weighted by Crippen LogP contribution is 2.15. The molecule has 0 aliphatic carbocycles. The molecule has 0 saturated carbocycles. The van der Waals surface area contributed by atoms with Crippen LogP contribution in [0.25, 0.3) is 0 Å². The molecule has 0 spiro atoms. The average molecular weight is 198 g/mol. The van der Waals surface area contributed by atoms with Crippen molar-refractivity contribution in [3.05, 3.63) is 0 Å². The van der Waals surface area contributed by atoms with Crippen molar-refractivity contribution in [1.82, 2.24) is 10.2 Å². The van der Waals surface area contributed by atoms with Crippen molar-refractivity contribution >= 4 is 11.8 Å². The van der Waals surface area contributed by atoms with E-state index in [-0.39, 0.29) is 29.9 Å². The predicted octanol–water partition coefficient (Wildman–Crippen LogP) is 0.520. The van der Waals surface area contributed by atoms with Crippen LogP contribution in [0.5, 0.6) is 0 Å². The Labute approximate surface area is 84.7 Å². The molecule has 1 N–H and O–H groups in total. The van der Waals surface area contributed by atoms with Crippen molar-refractivity contribution in [2.75, 3.05) is 0 Å². The van der Waals surface area contributed by atoms with Gasteiger partial charge in [-0.25, -0.2) is 0 Å². The summed E-state index contributed by atoms with van der Waals surface area (Å²) < 4.78 is 0. The van der Waals surface area contributed by atoms with E-state index in [1.54, 1.807) is 11.8 Å². The minimum absolute atomic E-state index is 0.0199. The Balaban J connectivity index is 2.92. The summed E-state index contributed by atoms with van der Waals surface area (Å²) in [6.45, 7) is 7.52. The number of nitrogens with one attached hydrogen (secondary N) is 1. The van der Waals surface area contributed by atoms with Crippen LogP contribution in [0.4, 0.5) is 0 Å². The van der Waals surface area contributed by atoms with E-state index in [2.05, 4.69) is 5.32 Å². The molecule has 0 bridgehead atoms. The van der Waals surface area contributed by atoms with E-state index in [4.69, 9.17) is 0 Å². The normalized spacial score (nSPS) is 28.2. The zero-order chi connectivity index (χ0) is 10.9. The van der Waals surface area contributed by atoms with Crippen LogP contribution in [0, 0.1) is 0 Å². The predicted molar refractivity (Wildman–Crippen MR) is 53.7 cm³/mol. The van der Waals surface area contributed by atoms with Gasteiger partial charge in [-0.2, -0.15) is 0 Å². The van der Waals surface area contributed by atoms with E-state index in [0.717, 1.165) is 0 Å². The molecule has 1 aliphatic heterocycles. The van der Waals surface area contributed by atoms with Gasteiger partial charge in [0.05, 0.1) is 0 Å². The zero-order valence-corrected chi connectivity index (χ0v) is 9.20. The van der Waals surface area contributed by atoms with Crippen LogP contribution in [-0.2, 0) is 9.59 Å². The highest BCUT2D eigenvalue weighted by Gasteiger charge is 2.38. The molecule has 2 unspecified atom stereocenters. The first-order chi connectivity index (χ1) is 6.49. The van der Waals surface area contributed by atoms with E-state index < -0.39 is 0 Å². The Morgan fingerprint density at radius 3 is 2.43 bits per heavy atom. The summed E-state index contributed by atoms with van der Waals surface area (Å²) in [4.78, 5) is 25.1. The fourth-order valence-corrected chi connectivity index (χ4v) is 1.87. The topological polar surface area (TPSA) is 49.4 Å². The van der Waals surface area contributed by atoms with Gasteiger partial charge in [-0.05, 0) is 27.2 Å². The Morgan fingerprint density at radius 1 is 1.43 bits per heavy atom. The minimum atomic E-state index is -0.382. The summed E-state index contributed by atoms with van der Waals surface area (Å²) in [5.41, 5.74) is 0. The Kier molecular flexibility index (Phi) is 3.13. The number of nitrogens with zero attached hydrogens (tertiary/aromatic N) is 1. The third-order valence-electron chi connectivity index (χ3n) is 2.57. The van der Waals surface area contributed by atoms with Crippen molar-refractivity contribution in [3.63, 3.8) is 0 Å². The number of carbonyl (C=O) groups is 2. The number of hydrogen-bond acceptors (Lipinski definition) is 2. The van der Waals surface area contributed by atoms with Gasteiger partial charge in [-0.3, -0.25) is 9.59 Å². The lowest BCUT2D eigenvalue weighted by molar-refractivity contribution is -0.151. The second kappa shape index (κ2) is 3.98. The monoisotopic (exact) mass is 198 g/mol. The summed E-state index contributed by atoms with van der Waals surface area (Å²) in [7, 11) is 0. The van der Waals surface area contributed by atoms with E-state index in [0.29, 0.717) is 6.42 Å². The smallest absolute Gasteiger partial charge is 0.245 e. The molecule has 1 aliphatic rings. The lowest BCUT2D eigenvalue weighted by Crippen LogP contribution is -2.63. The van der Waals surface area contributed by atoms with Gasteiger partial charge >= 0.3 is 0 Å². The maximum atomic E-state index is 11.8. The first kappa shape index (κ1) is 11.0. The van der Waals surface area contributed by atoms with Crippen molar-refractivity contribution in [3.8, 4) is 0 Å². The van der Waals surface area contributed by atoms with Gasteiger partial charge in [0.15, 0.2) is 0 Å². The molecule has 1 rings (SSSR count). The number of piperazine rings is 1. The Hall–Kier alpha value is -1.06. The molecule has 1 saturated heterocycles. The maximum absolute atomic E-state index is 11.8. The third kappa shape index (κ3) is 1.74. The van der Waals surface area contributed by atoms with Crippen LogP contribution in [0.15, 0.2) is 0 Å².